The van der Waals surface area contributed by atoms with Crippen molar-refractivity contribution < 1.29 is 9.53 Å². The van der Waals surface area contributed by atoms with Gasteiger partial charge in [0.15, 0.2) is 0 Å². The summed E-state index contributed by atoms with van der Waals surface area (Å²) in [5.41, 5.74) is 0.903. The predicted molar refractivity (Wildman–Crippen MR) is 76.9 cm³/mol. The lowest BCUT2D eigenvalue weighted by Crippen LogP contribution is -2.29. The lowest BCUT2D eigenvalue weighted by Gasteiger charge is -2.15. The molecule has 0 bridgehead atoms. The Labute approximate surface area is 118 Å². The average molecular weight is 283 g/mol. The fraction of sp³-hybridized carbons (Fsp3) is 0.500. The monoisotopic (exact) mass is 282 g/mol. The van der Waals surface area contributed by atoms with E-state index >= 15 is 0 Å². The Bertz CT molecular complexity index is 445. The van der Waals surface area contributed by atoms with Gasteiger partial charge in [0.05, 0.1) is 12.1 Å². The van der Waals surface area contributed by atoms with Crippen molar-refractivity contribution in [1.29, 1.82) is 0 Å². The van der Waals surface area contributed by atoms with E-state index in [0.29, 0.717) is 23.7 Å². The molecule has 0 aliphatic carbocycles. The zero-order valence-electron chi connectivity index (χ0n) is 11.1. The Morgan fingerprint density at radius 1 is 1.42 bits per heavy atom. The van der Waals surface area contributed by atoms with E-state index in [1.165, 1.54) is 0 Å². The normalized spacial score (nSPS) is 14.5. The van der Waals surface area contributed by atoms with E-state index in [2.05, 4.69) is 5.32 Å². The van der Waals surface area contributed by atoms with E-state index in [-0.39, 0.29) is 5.91 Å². The number of amides is 1. The van der Waals surface area contributed by atoms with Crippen LogP contribution in [0.3, 0.4) is 0 Å². The molecule has 1 heterocycles. The molecule has 0 aromatic heterocycles. The number of benzene rings is 1. The molecule has 19 heavy (non-hydrogen) atoms. The Balaban J connectivity index is 1.79. The maximum atomic E-state index is 11.8. The summed E-state index contributed by atoms with van der Waals surface area (Å²) in [5.74, 6) is 0.880. The number of carbonyl (C=O) groups is 1. The zero-order valence-corrected chi connectivity index (χ0v) is 11.9. The van der Waals surface area contributed by atoms with Crippen LogP contribution in [0.15, 0.2) is 18.2 Å². The fourth-order valence-electron chi connectivity index (χ4n) is 2.21. The molecule has 0 spiro atoms. The third kappa shape index (κ3) is 3.77. The molecule has 1 aliphatic heterocycles. The third-order valence-corrected chi connectivity index (χ3v) is 3.57. The van der Waals surface area contributed by atoms with Crippen molar-refractivity contribution in [1.82, 2.24) is 4.90 Å². The van der Waals surface area contributed by atoms with Crippen LogP contribution in [0, 0.1) is 0 Å². The highest BCUT2D eigenvalue weighted by Gasteiger charge is 2.16. The summed E-state index contributed by atoms with van der Waals surface area (Å²) in [6.07, 6.45) is 2.78. The molecule has 4 nitrogen and oxygen atoms in total. The molecule has 104 valence electrons. The van der Waals surface area contributed by atoms with E-state index in [1.54, 1.807) is 13.2 Å². The maximum Gasteiger partial charge on any atom is 0.224 e. The molecule has 1 fully saturated rings. The van der Waals surface area contributed by atoms with Gasteiger partial charge in [0.2, 0.25) is 5.91 Å². The van der Waals surface area contributed by atoms with Crippen molar-refractivity contribution in [2.75, 3.05) is 32.1 Å². The largest absolute Gasteiger partial charge is 0.495 e. The molecule has 1 aromatic rings. The lowest BCUT2D eigenvalue weighted by atomic mass is 10.3. The minimum absolute atomic E-state index is 0.226. The van der Waals surface area contributed by atoms with Crippen molar-refractivity contribution in [3.63, 3.8) is 0 Å². The molecular formula is C14H19ClN2O2. The SMILES string of the molecule is COc1ccc(NCCC(=O)N2CCCC2)cc1Cl. The van der Waals surface area contributed by atoms with Crippen LogP contribution in [0.4, 0.5) is 5.69 Å². The van der Waals surface area contributed by atoms with Gasteiger partial charge in [-0.3, -0.25) is 4.79 Å². The van der Waals surface area contributed by atoms with Crippen LogP contribution in [0.5, 0.6) is 5.75 Å². The predicted octanol–water partition coefficient (Wildman–Crippen LogP) is 2.77. The van der Waals surface area contributed by atoms with Crippen LogP contribution >= 0.6 is 11.6 Å². The van der Waals surface area contributed by atoms with Crippen molar-refractivity contribution in [3.8, 4) is 5.75 Å². The number of carbonyl (C=O) groups excluding carboxylic acids is 1. The summed E-state index contributed by atoms with van der Waals surface area (Å²) < 4.78 is 5.09. The molecule has 1 aliphatic rings. The van der Waals surface area contributed by atoms with Gasteiger partial charge in [-0.1, -0.05) is 11.6 Å². The number of methoxy groups -OCH3 is 1. The fourth-order valence-corrected chi connectivity index (χ4v) is 2.47. The first kappa shape index (κ1) is 14.0. The second-order valence-corrected chi connectivity index (χ2v) is 5.02. The summed E-state index contributed by atoms with van der Waals surface area (Å²) >= 11 is 6.03. The molecule has 1 aromatic carbocycles. The van der Waals surface area contributed by atoms with E-state index < -0.39 is 0 Å². The number of rotatable bonds is 5. The van der Waals surface area contributed by atoms with Gasteiger partial charge in [-0.25, -0.2) is 0 Å². The van der Waals surface area contributed by atoms with Crippen LogP contribution in [-0.2, 0) is 4.79 Å². The van der Waals surface area contributed by atoms with Gasteiger partial charge in [0.1, 0.15) is 5.75 Å². The molecule has 1 N–H and O–H groups in total. The van der Waals surface area contributed by atoms with Crippen LogP contribution in [0.1, 0.15) is 19.3 Å². The smallest absolute Gasteiger partial charge is 0.224 e. The third-order valence-electron chi connectivity index (χ3n) is 3.28. The zero-order chi connectivity index (χ0) is 13.7. The van der Waals surface area contributed by atoms with Crippen LogP contribution in [-0.4, -0.2) is 37.6 Å². The number of nitrogens with one attached hydrogen (secondary N) is 1. The first-order valence-electron chi connectivity index (χ1n) is 6.56. The van der Waals surface area contributed by atoms with Crippen molar-refractivity contribution in [2.45, 2.75) is 19.3 Å². The van der Waals surface area contributed by atoms with Gasteiger partial charge in [-0.2, -0.15) is 0 Å². The minimum Gasteiger partial charge on any atom is -0.495 e. The van der Waals surface area contributed by atoms with Crippen molar-refractivity contribution in [3.05, 3.63) is 23.2 Å². The van der Waals surface area contributed by atoms with Crippen LogP contribution in [0.2, 0.25) is 5.02 Å². The Kier molecular flexibility index (Phi) is 4.91. The van der Waals surface area contributed by atoms with E-state index in [4.69, 9.17) is 16.3 Å². The molecule has 0 radical (unpaired) electrons. The average Bonchev–Trinajstić information content (AvgIpc) is 2.93. The highest BCUT2D eigenvalue weighted by atomic mass is 35.5. The Hall–Kier alpha value is -1.42. The number of anilines is 1. The van der Waals surface area contributed by atoms with Gasteiger partial charge < -0.3 is 15.0 Å². The summed E-state index contributed by atoms with van der Waals surface area (Å²) in [6, 6.07) is 5.51. The first-order valence-corrected chi connectivity index (χ1v) is 6.93. The van der Waals surface area contributed by atoms with E-state index in [0.717, 1.165) is 31.6 Å². The van der Waals surface area contributed by atoms with Crippen molar-refractivity contribution in [2.24, 2.45) is 0 Å². The molecule has 5 heteroatoms. The molecule has 1 saturated heterocycles. The quantitative estimate of drug-likeness (QED) is 0.903. The summed E-state index contributed by atoms with van der Waals surface area (Å²) in [4.78, 5) is 13.8. The van der Waals surface area contributed by atoms with Gasteiger partial charge in [-0.15, -0.1) is 0 Å². The molecule has 1 amide bonds. The first-order chi connectivity index (χ1) is 9.20. The number of hydrogen-bond donors (Lipinski definition) is 1. The van der Waals surface area contributed by atoms with Gasteiger partial charge in [0.25, 0.3) is 0 Å². The Morgan fingerprint density at radius 3 is 2.79 bits per heavy atom. The molecule has 2 rings (SSSR count). The van der Waals surface area contributed by atoms with Gasteiger partial charge in [-0.05, 0) is 31.0 Å². The molecule has 0 saturated carbocycles. The standard InChI is InChI=1S/C14H19ClN2O2/c1-19-13-5-4-11(10-12(13)15)16-7-6-14(18)17-8-2-3-9-17/h4-5,10,16H,2-3,6-9H2,1H3. The molecule has 0 atom stereocenters. The highest BCUT2D eigenvalue weighted by Crippen LogP contribution is 2.27. The second-order valence-electron chi connectivity index (χ2n) is 4.61. The van der Waals surface area contributed by atoms with Crippen molar-refractivity contribution >= 4 is 23.2 Å². The number of halogens is 1. The van der Waals surface area contributed by atoms with Crippen LogP contribution in [0.25, 0.3) is 0 Å². The highest BCUT2D eigenvalue weighted by molar-refractivity contribution is 6.32. The van der Waals surface area contributed by atoms with E-state index in [9.17, 15) is 4.79 Å². The molecular weight excluding hydrogens is 264 g/mol. The number of ether oxygens (including phenoxy) is 1. The topological polar surface area (TPSA) is 41.6 Å². The molecule has 0 unspecified atom stereocenters. The van der Waals surface area contributed by atoms with Gasteiger partial charge >= 0.3 is 0 Å². The number of likely N-dealkylation sites (tertiary alicyclic amines) is 1. The minimum atomic E-state index is 0.226. The summed E-state index contributed by atoms with van der Waals surface area (Å²) in [7, 11) is 1.59. The summed E-state index contributed by atoms with van der Waals surface area (Å²) in [6.45, 7) is 2.44. The number of hydrogen-bond acceptors (Lipinski definition) is 3. The Morgan fingerprint density at radius 2 is 2.16 bits per heavy atom. The van der Waals surface area contributed by atoms with Crippen LogP contribution < -0.4 is 10.1 Å². The second kappa shape index (κ2) is 6.66. The number of nitrogens with zero attached hydrogens (tertiary/aromatic N) is 1. The maximum absolute atomic E-state index is 11.8. The summed E-state index contributed by atoms with van der Waals surface area (Å²) in [5, 5.41) is 3.77. The van der Waals surface area contributed by atoms with Gasteiger partial charge in [0, 0.05) is 31.7 Å². The lowest BCUT2D eigenvalue weighted by molar-refractivity contribution is -0.129. The van der Waals surface area contributed by atoms with E-state index in [1.807, 2.05) is 17.0 Å².